The lowest BCUT2D eigenvalue weighted by atomic mass is 9.79. The van der Waals surface area contributed by atoms with Crippen LogP contribution >= 0.6 is 22.9 Å². The van der Waals surface area contributed by atoms with Crippen molar-refractivity contribution in [2.24, 2.45) is 0 Å². The summed E-state index contributed by atoms with van der Waals surface area (Å²) in [5, 5.41) is 11.8. The summed E-state index contributed by atoms with van der Waals surface area (Å²) in [5.41, 5.74) is 5.37. The van der Waals surface area contributed by atoms with Gasteiger partial charge in [-0.05, 0) is 94.5 Å². The molecule has 7 rings (SSSR count). The summed E-state index contributed by atoms with van der Waals surface area (Å²) in [5.74, 6) is -0.0199. The average Bonchev–Trinajstić information content (AvgIpc) is 3.72. The maximum atomic E-state index is 14.3. The number of carbonyl (C=O) groups is 1. The van der Waals surface area contributed by atoms with E-state index in [4.69, 9.17) is 21.3 Å². The van der Waals surface area contributed by atoms with Gasteiger partial charge in [0.2, 0.25) is 0 Å². The van der Waals surface area contributed by atoms with Crippen molar-refractivity contribution in [3.63, 3.8) is 0 Å². The van der Waals surface area contributed by atoms with Gasteiger partial charge in [0.05, 0.1) is 28.0 Å². The number of carboxylic acid groups (broad SMARTS) is 1. The fraction of sp³-hybridized carbons (Fsp3) is 0.385. The number of likely N-dealkylation sites (N-methyl/N-ethyl adjacent to an activating group) is 1. The Bertz CT molecular complexity index is 2180. The van der Waals surface area contributed by atoms with Crippen molar-refractivity contribution < 1.29 is 19.0 Å². The Labute approximate surface area is 299 Å². The minimum atomic E-state index is -1.03. The first-order valence-corrected chi connectivity index (χ1v) is 18.5. The van der Waals surface area contributed by atoms with Crippen molar-refractivity contribution in [1.29, 1.82) is 0 Å². The van der Waals surface area contributed by atoms with E-state index >= 15 is 0 Å². The number of thiophene rings is 1. The van der Waals surface area contributed by atoms with Crippen molar-refractivity contribution in [3.8, 4) is 16.9 Å². The number of rotatable bonds is 11. The average molecular weight is 715 g/mol. The maximum Gasteiger partial charge on any atom is 0.338 e. The van der Waals surface area contributed by atoms with Crippen LogP contribution in [0.15, 0.2) is 58.7 Å². The van der Waals surface area contributed by atoms with Gasteiger partial charge in [-0.15, -0.1) is 11.3 Å². The minimum absolute atomic E-state index is 0.0236. The zero-order valence-corrected chi connectivity index (χ0v) is 30.2. The van der Waals surface area contributed by atoms with Crippen LogP contribution in [0.5, 0.6) is 5.75 Å². The van der Waals surface area contributed by atoms with Crippen LogP contribution in [0.2, 0.25) is 5.02 Å². The normalized spacial score (nSPS) is 16.9. The Kier molecular flexibility index (Phi) is 9.30. The minimum Gasteiger partial charge on any atom is -0.491 e. The number of hydrogen-bond donors (Lipinski definition) is 1. The predicted molar refractivity (Wildman–Crippen MR) is 195 cm³/mol. The summed E-state index contributed by atoms with van der Waals surface area (Å²) in [4.78, 5) is 38.2. The molecule has 8 nitrogen and oxygen atoms in total. The summed E-state index contributed by atoms with van der Waals surface area (Å²) >= 11 is 7.78. The molecule has 0 saturated heterocycles. The van der Waals surface area contributed by atoms with E-state index in [9.17, 15) is 19.1 Å². The number of aromatic carboxylic acids is 1. The summed E-state index contributed by atoms with van der Waals surface area (Å²) < 4.78 is 23.1. The molecule has 0 bridgehead atoms. The Balaban J connectivity index is 1.17. The fourth-order valence-corrected chi connectivity index (χ4v) is 9.13. The maximum absolute atomic E-state index is 14.3. The molecule has 3 heterocycles. The Morgan fingerprint density at radius 3 is 2.66 bits per heavy atom. The van der Waals surface area contributed by atoms with Gasteiger partial charge in [0.25, 0.3) is 5.56 Å². The Morgan fingerprint density at radius 2 is 1.96 bits per heavy atom. The number of hydrogen-bond acceptors (Lipinski definition) is 7. The topological polar surface area (TPSA) is 97.6 Å². The molecule has 0 aliphatic heterocycles. The molecule has 11 heteroatoms. The second-order valence-corrected chi connectivity index (χ2v) is 14.8. The van der Waals surface area contributed by atoms with Crippen LogP contribution in [0.4, 0.5) is 4.39 Å². The number of halogens is 2. The first-order chi connectivity index (χ1) is 24.0. The third-order valence-corrected chi connectivity index (χ3v) is 11.7. The smallest absolute Gasteiger partial charge is 0.338 e. The van der Waals surface area contributed by atoms with Gasteiger partial charge in [0.15, 0.2) is 0 Å². The van der Waals surface area contributed by atoms with E-state index in [-0.39, 0.29) is 41.0 Å². The highest BCUT2D eigenvalue weighted by molar-refractivity contribution is 7.18. The molecule has 2 aromatic carbocycles. The van der Waals surface area contributed by atoms with Gasteiger partial charge in [-0.25, -0.2) is 14.2 Å². The molecule has 2 atom stereocenters. The monoisotopic (exact) mass is 714 g/mol. The number of nitrogens with zero attached hydrogens (tertiary/aromatic N) is 4. The van der Waals surface area contributed by atoms with E-state index < -0.39 is 5.97 Å². The van der Waals surface area contributed by atoms with Gasteiger partial charge in [-0.1, -0.05) is 37.6 Å². The molecular formula is C39H40ClFN4O4S. The van der Waals surface area contributed by atoms with Crippen LogP contribution in [0.25, 0.3) is 21.3 Å². The standard InChI is InChI=1S/C39H40ClFN4O4S/c1-5-32(24-8-7-9-26(41)17-24)44(6-2)27-19-30-36(39(20-27)12-13-39)43-23(4)45(37(30)46)14-15-49-33-11-10-25(40)18-28(33)29-16-22(3)42-34-31(38(47)48)21-50-35(29)34/h7-11,16-18,21,27,32H,5-6,12-15,19-20H2,1-4H3,(H,47,48)/t27-,32+/m0/s1. The number of carboxylic acids is 1. The van der Waals surface area contributed by atoms with Gasteiger partial charge in [-0.2, -0.15) is 0 Å². The SMILES string of the molecule is CC[C@H](c1cccc(F)c1)N(CC)[C@H]1Cc2c(nc(C)n(CCOc3ccc(Cl)cc3-c3cc(C)nc4c(C(=O)O)csc34)c2=O)C2(CC2)C1. The summed E-state index contributed by atoms with van der Waals surface area (Å²) in [6.07, 6.45) is 4.41. The van der Waals surface area contributed by atoms with E-state index in [2.05, 4.69) is 23.7 Å². The molecule has 1 saturated carbocycles. The van der Waals surface area contributed by atoms with Crippen molar-refractivity contribution in [3.05, 3.63) is 109 Å². The second kappa shape index (κ2) is 13.5. The Hall–Kier alpha value is -4.12. The highest BCUT2D eigenvalue weighted by Gasteiger charge is 2.53. The van der Waals surface area contributed by atoms with Crippen LogP contribution in [-0.2, 0) is 18.4 Å². The lowest BCUT2D eigenvalue weighted by Gasteiger charge is -2.42. The van der Waals surface area contributed by atoms with Gasteiger partial charge < -0.3 is 9.84 Å². The van der Waals surface area contributed by atoms with E-state index in [0.717, 1.165) is 64.9 Å². The molecule has 1 fully saturated rings. The summed E-state index contributed by atoms with van der Waals surface area (Å²) in [6, 6.07) is 14.4. The van der Waals surface area contributed by atoms with E-state index in [1.165, 1.54) is 17.4 Å². The van der Waals surface area contributed by atoms with Crippen LogP contribution in [0, 0.1) is 19.7 Å². The van der Waals surface area contributed by atoms with Crippen LogP contribution in [-0.4, -0.2) is 49.7 Å². The summed E-state index contributed by atoms with van der Waals surface area (Å²) in [6.45, 7) is 9.31. The zero-order valence-electron chi connectivity index (χ0n) is 28.6. The predicted octanol–water partition coefficient (Wildman–Crippen LogP) is 8.53. The molecule has 0 amide bonds. The quantitative estimate of drug-likeness (QED) is 0.147. The molecule has 2 aliphatic carbocycles. The van der Waals surface area contributed by atoms with Crippen molar-refractivity contribution >= 4 is 39.1 Å². The van der Waals surface area contributed by atoms with E-state index in [1.54, 1.807) is 34.2 Å². The van der Waals surface area contributed by atoms with Gasteiger partial charge in [0.1, 0.15) is 24.0 Å². The van der Waals surface area contributed by atoms with Crippen molar-refractivity contribution in [2.75, 3.05) is 13.2 Å². The Morgan fingerprint density at radius 1 is 1.16 bits per heavy atom. The van der Waals surface area contributed by atoms with Gasteiger partial charge in [0, 0.05) is 50.3 Å². The largest absolute Gasteiger partial charge is 0.491 e. The third-order valence-electron chi connectivity index (χ3n) is 10.4. The molecule has 3 aromatic heterocycles. The zero-order chi connectivity index (χ0) is 35.3. The summed E-state index contributed by atoms with van der Waals surface area (Å²) in [7, 11) is 0. The lowest BCUT2D eigenvalue weighted by Crippen LogP contribution is -2.47. The molecule has 260 valence electrons. The molecular weight excluding hydrogens is 675 g/mol. The molecule has 50 heavy (non-hydrogen) atoms. The van der Waals surface area contributed by atoms with Crippen LogP contribution in [0.3, 0.4) is 0 Å². The van der Waals surface area contributed by atoms with Gasteiger partial charge in [-0.3, -0.25) is 19.2 Å². The number of pyridine rings is 1. The first-order valence-electron chi connectivity index (χ1n) is 17.2. The lowest BCUT2D eigenvalue weighted by molar-refractivity contribution is 0.0699. The number of aryl methyl sites for hydroxylation is 2. The fourth-order valence-electron chi connectivity index (χ4n) is 7.95. The van der Waals surface area contributed by atoms with E-state index in [0.29, 0.717) is 40.8 Å². The highest BCUT2D eigenvalue weighted by Crippen LogP contribution is 2.55. The molecule has 5 aromatic rings. The molecule has 0 unspecified atom stereocenters. The van der Waals surface area contributed by atoms with Crippen LogP contribution < -0.4 is 10.3 Å². The molecule has 0 radical (unpaired) electrons. The van der Waals surface area contributed by atoms with E-state index in [1.807, 2.05) is 32.0 Å². The van der Waals surface area contributed by atoms with Crippen molar-refractivity contribution in [2.45, 2.75) is 83.8 Å². The van der Waals surface area contributed by atoms with Crippen molar-refractivity contribution in [1.82, 2.24) is 19.4 Å². The number of fused-ring (bicyclic) bond motifs is 3. The molecule has 1 spiro atoms. The number of aromatic nitrogens is 3. The number of ether oxygens (including phenoxy) is 1. The number of benzene rings is 2. The second-order valence-electron chi connectivity index (χ2n) is 13.5. The van der Waals surface area contributed by atoms with Crippen LogP contribution in [0.1, 0.15) is 84.3 Å². The molecule has 1 N–H and O–H groups in total. The highest BCUT2D eigenvalue weighted by atomic mass is 35.5. The van der Waals surface area contributed by atoms with Gasteiger partial charge >= 0.3 is 5.97 Å². The first kappa shape index (κ1) is 34.3. The molecule has 2 aliphatic rings. The third kappa shape index (κ3) is 6.22.